The normalized spacial score (nSPS) is 14.1. The van der Waals surface area contributed by atoms with Crippen molar-refractivity contribution in [1.82, 2.24) is 4.98 Å². The lowest BCUT2D eigenvalue weighted by atomic mass is 9.94. The summed E-state index contributed by atoms with van der Waals surface area (Å²) in [5.41, 5.74) is 0.147. The van der Waals surface area contributed by atoms with Crippen LogP contribution in [0, 0.1) is 5.92 Å². The summed E-state index contributed by atoms with van der Waals surface area (Å²) >= 11 is 1.44. The molecule has 1 aromatic heterocycles. The zero-order chi connectivity index (χ0) is 20.6. The van der Waals surface area contributed by atoms with E-state index in [0.717, 1.165) is 15.9 Å². The number of nitrogens with zero attached hydrogens (tertiary/aromatic N) is 1. The van der Waals surface area contributed by atoms with Crippen LogP contribution in [0.5, 0.6) is 0 Å². The van der Waals surface area contributed by atoms with Crippen molar-refractivity contribution in [3.05, 3.63) is 36.4 Å². The van der Waals surface area contributed by atoms with Gasteiger partial charge in [0.1, 0.15) is 5.03 Å². The molecule has 5 nitrogen and oxygen atoms in total. The number of hydrogen-bond donors (Lipinski definition) is 0. The highest BCUT2D eigenvalue weighted by Crippen LogP contribution is 2.38. The second-order valence-electron chi connectivity index (χ2n) is 7.00. The Morgan fingerprint density at radius 2 is 1.93 bits per heavy atom. The van der Waals surface area contributed by atoms with Crippen molar-refractivity contribution in [2.45, 2.75) is 44.7 Å². The number of pyridine rings is 1. The maximum absolute atomic E-state index is 12.9. The Hall–Kier alpha value is -1.49. The number of esters is 1. The summed E-state index contributed by atoms with van der Waals surface area (Å²) in [5.74, 6) is -0.197. The van der Waals surface area contributed by atoms with Gasteiger partial charge in [0.05, 0.1) is 12.1 Å². The van der Waals surface area contributed by atoms with Gasteiger partial charge < -0.3 is 9.47 Å². The van der Waals surface area contributed by atoms with Crippen molar-refractivity contribution in [2.75, 3.05) is 24.9 Å². The number of ether oxygens (including phenoxy) is 2. The lowest BCUT2D eigenvalue weighted by Crippen LogP contribution is -2.46. The molecule has 0 aliphatic heterocycles. The fourth-order valence-electron chi connectivity index (χ4n) is 3.17. The maximum atomic E-state index is 12.9. The van der Waals surface area contributed by atoms with Gasteiger partial charge in [-0.1, -0.05) is 54.4 Å². The Balaban J connectivity index is 2.09. The van der Waals surface area contributed by atoms with E-state index in [-0.39, 0.29) is 18.7 Å². The van der Waals surface area contributed by atoms with Gasteiger partial charge in [-0.05, 0) is 38.3 Å². The number of carbonyl (C=O) groups excluding carboxylic acids is 1. The average molecular weight is 423 g/mol. The zero-order valence-electron chi connectivity index (χ0n) is 17.0. The molecule has 1 heterocycles. The van der Waals surface area contributed by atoms with Gasteiger partial charge in [-0.25, -0.2) is 9.78 Å². The van der Waals surface area contributed by atoms with Gasteiger partial charge in [-0.3, -0.25) is 0 Å². The molecular formula is C21H29NO4PS+. The quantitative estimate of drug-likeness (QED) is 0.271. The van der Waals surface area contributed by atoms with Crippen LogP contribution in [0.1, 0.15) is 34.1 Å². The molecule has 1 aromatic carbocycles. The molecule has 0 amide bonds. The summed E-state index contributed by atoms with van der Waals surface area (Å²) in [6, 6.07) is 11.9. The highest BCUT2D eigenvalue weighted by atomic mass is 32.2. The number of rotatable bonds is 11. The molecule has 0 N–H and O–H groups in total. The van der Waals surface area contributed by atoms with Crippen LogP contribution in [0.3, 0.4) is 0 Å². The average Bonchev–Trinajstić information content (AvgIpc) is 2.66. The molecule has 2 aromatic rings. The number of hydrogen-bond acceptors (Lipinski definition) is 6. The van der Waals surface area contributed by atoms with E-state index < -0.39 is 19.4 Å². The van der Waals surface area contributed by atoms with E-state index in [1.807, 2.05) is 57.2 Å². The van der Waals surface area contributed by atoms with Gasteiger partial charge >= 0.3 is 13.8 Å². The number of para-hydroxylation sites is 1. The summed E-state index contributed by atoms with van der Waals surface area (Å²) in [6.45, 7) is 8.30. The molecule has 7 heteroatoms. The van der Waals surface area contributed by atoms with Crippen molar-refractivity contribution in [2.24, 2.45) is 5.92 Å². The van der Waals surface area contributed by atoms with Crippen LogP contribution >= 0.6 is 19.6 Å². The lowest BCUT2D eigenvalue weighted by Gasteiger charge is -2.29. The van der Waals surface area contributed by atoms with Crippen molar-refractivity contribution in [3.63, 3.8) is 0 Å². The van der Waals surface area contributed by atoms with E-state index in [0.29, 0.717) is 18.5 Å². The minimum atomic E-state index is -1.67. The summed E-state index contributed by atoms with van der Waals surface area (Å²) in [4.78, 5) is 17.3. The van der Waals surface area contributed by atoms with Crippen LogP contribution in [0.15, 0.2) is 41.4 Å². The summed E-state index contributed by atoms with van der Waals surface area (Å²) in [5, 5.41) is 1.90. The molecule has 0 aliphatic carbocycles. The van der Waals surface area contributed by atoms with Crippen molar-refractivity contribution in [3.8, 4) is 0 Å². The van der Waals surface area contributed by atoms with E-state index in [1.54, 1.807) is 6.92 Å². The summed E-state index contributed by atoms with van der Waals surface area (Å²) in [6.07, 6.45) is 0.646. The monoisotopic (exact) mass is 422 g/mol. The third kappa shape index (κ3) is 6.26. The van der Waals surface area contributed by atoms with E-state index in [1.165, 1.54) is 11.8 Å². The summed E-state index contributed by atoms with van der Waals surface area (Å²) < 4.78 is 24.0. The van der Waals surface area contributed by atoms with Gasteiger partial charge in [0, 0.05) is 12.0 Å². The molecule has 2 rings (SSSR count). The highest BCUT2D eigenvalue weighted by molar-refractivity contribution is 8.03. The molecule has 0 spiro atoms. The first-order valence-corrected chi connectivity index (χ1v) is 12.2. The van der Waals surface area contributed by atoms with E-state index in [2.05, 4.69) is 4.98 Å². The third-order valence-electron chi connectivity index (χ3n) is 4.17. The molecule has 2 unspecified atom stereocenters. The molecule has 0 aliphatic rings. The highest BCUT2D eigenvalue weighted by Gasteiger charge is 2.48. The molecular weight excluding hydrogens is 393 g/mol. The van der Waals surface area contributed by atoms with Gasteiger partial charge in [0.15, 0.2) is 11.7 Å². The Kier molecular flexibility index (Phi) is 8.87. The molecule has 28 heavy (non-hydrogen) atoms. The SMILES string of the molecule is CCOC(=O)C(CC(C)C)(C[P+](=O)CSc1ccc2ccccc2n1)OCC. The van der Waals surface area contributed by atoms with Crippen LogP contribution in [0.4, 0.5) is 0 Å². The zero-order valence-corrected chi connectivity index (χ0v) is 18.7. The number of benzene rings is 1. The molecule has 2 atom stereocenters. The number of fused-ring (bicyclic) bond motifs is 1. The van der Waals surface area contributed by atoms with Crippen molar-refractivity contribution in [1.29, 1.82) is 0 Å². The van der Waals surface area contributed by atoms with Crippen LogP contribution < -0.4 is 0 Å². The first-order chi connectivity index (χ1) is 13.4. The Morgan fingerprint density at radius 1 is 1.18 bits per heavy atom. The molecule has 0 radical (unpaired) electrons. The number of aromatic nitrogens is 1. The number of carbonyl (C=O) groups is 1. The minimum absolute atomic E-state index is 0.160. The van der Waals surface area contributed by atoms with Crippen LogP contribution in [0.2, 0.25) is 0 Å². The Labute approximate surface area is 172 Å². The summed E-state index contributed by atoms with van der Waals surface area (Å²) in [7, 11) is -1.67. The molecule has 0 saturated carbocycles. The van der Waals surface area contributed by atoms with E-state index in [4.69, 9.17) is 9.47 Å². The second kappa shape index (κ2) is 10.9. The fraction of sp³-hybridized carbons (Fsp3) is 0.524. The predicted octanol–water partition coefficient (Wildman–Crippen LogP) is 5.50. The largest absolute Gasteiger partial charge is 0.464 e. The van der Waals surface area contributed by atoms with Gasteiger partial charge in [-0.15, -0.1) is 0 Å². The predicted molar refractivity (Wildman–Crippen MR) is 115 cm³/mol. The fourth-order valence-corrected chi connectivity index (χ4v) is 5.89. The molecule has 0 saturated heterocycles. The molecule has 152 valence electrons. The lowest BCUT2D eigenvalue weighted by molar-refractivity contribution is -0.171. The standard InChI is InChI=1S/C21H29NO4PS/c1-5-25-20(23)21(26-6-2,13-16(3)4)14-27(24)15-28-19-12-11-17-9-7-8-10-18(17)22-19/h7-12,16H,5-6,13-15H2,1-4H3/q+1. The van der Waals surface area contributed by atoms with Crippen LogP contribution in [-0.4, -0.2) is 41.4 Å². The molecule has 0 bridgehead atoms. The van der Waals surface area contributed by atoms with Crippen LogP contribution in [-0.2, 0) is 18.8 Å². The van der Waals surface area contributed by atoms with Crippen LogP contribution in [0.25, 0.3) is 10.9 Å². The second-order valence-corrected chi connectivity index (χ2v) is 10.0. The first-order valence-electron chi connectivity index (χ1n) is 9.62. The van der Waals surface area contributed by atoms with E-state index in [9.17, 15) is 9.36 Å². The van der Waals surface area contributed by atoms with E-state index >= 15 is 0 Å². The van der Waals surface area contributed by atoms with Gasteiger partial charge in [0.2, 0.25) is 5.60 Å². The smallest absolute Gasteiger partial charge is 0.353 e. The Bertz CT molecular complexity index is 814. The third-order valence-corrected chi connectivity index (χ3v) is 7.22. The minimum Gasteiger partial charge on any atom is -0.464 e. The maximum Gasteiger partial charge on any atom is 0.353 e. The Morgan fingerprint density at radius 3 is 2.61 bits per heavy atom. The molecule has 0 fully saturated rings. The van der Waals surface area contributed by atoms with Gasteiger partial charge in [0.25, 0.3) is 0 Å². The topological polar surface area (TPSA) is 65.5 Å². The van der Waals surface area contributed by atoms with Crippen molar-refractivity contribution >= 4 is 36.4 Å². The van der Waals surface area contributed by atoms with Gasteiger partial charge in [-0.2, -0.15) is 0 Å². The van der Waals surface area contributed by atoms with Crippen molar-refractivity contribution < 1.29 is 18.8 Å². The first kappa shape index (κ1) is 22.8. The number of thioether (sulfide) groups is 1.